The van der Waals surface area contributed by atoms with E-state index in [-0.39, 0.29) is 22.9 Å². The number of hydrogen-bond donors (Lipinski definition) is 7. The lowest BCUT2D eigenvalue weighted by Crippen LogP contribution is -2.68. The molecule has 5 rings (SSSR count). The van der Waals surface area contributed by atoms with Crippen LogP contribution in [-0.2, 0) is 24.0 Å². The zero-order chi connectivity index (χ0) is 35.5. The van der Waals surface area contributed by atoms with E-state index in [1.165, 1.54) is 31.1 Å². The van der Waals surface area contributed by atoms with Gasteiger partial charge in [0.2, 0.25) is 16.4 Å². The standard InChI is InChI=1S/C26H27ClN8O11S2/c1-9-6-34(31-17(38)10-4-5-12(36)16(37)13(10)27)24(45)35(9)26(22(43)44)8-33-19(40)15(20(33)48-26)30-18(39)14(11-7-47-23(28)29-11)32-46-25(2,3)21(41)42/h4-5,7,9,15,20,36-37H,6,8H2,1-3H3,(H2,28,29)(H,30,39)(H,31,38)(H,41,42)(H,43,44)/b32-14-/t9-,15-,20-,26-/m1/s1. The summed E-state index contributed by atoms with van der Waals surface area (Å²) in [6.45, 7) is 3.28. The third-order valence-corrected chi connectivity index (χ3v) is 10.3. The molecule has 3 aliphatic heterocycles. The number of aliphatic carboxylic acids is 2. The number of nitrogens with zero attached hydrogens (tertiary/aromatic N) is 5. The fraction of sp³-hybridized carbons (Fsp3) is 0.385. The number of halogens is 1. The first-order valence-corrected chi connectivity index (χ1v) is 15.9. The highest BCUT2D eigenvalue weighted by Gasteiger charge is 2.67. The van der Waals surface area contributed by atoms with Gasteiger partial charge in [-0.1, -0.05) is 28.5 Å². The molecule has 0 aliphatic carbocycles. The summed E-state index contributed by atoms with van der Waals surface area (Å²) in [7, 11) is 0. The van der Waals surface area contributed by atoms with Crippen LogP contribution in [0.1, 0.15) is 36.8 Å². The number of carboxylic acids is 2. The number of carboxylic acid groups (broad SMARTS) is 2. The summed E-state index contributed by atoms with van der Waals surface area (Å²) in [4.78, 5) is 86.6. The van der Waals surface area contributed by atoms with Crippen LogP contribution in [0.15, 0.2) is 22.7 Å². The van der Waals surface area contributed by atoms with Crippen molar-refractivity contribution in [3.63, 3.8) is 0 Å². The summed E-state index contributed by atoms with van der Waals surface area (Å²) in [6.07, 6.45) is 0. The van der Waals surface area contributed by atoms with Gasteiger partial charge in [-0.2, -0.15) is 0 Å². The number of phenols is 2. The van der Waals surface area contributed by atoms with Gasteiger partial charge in [-0.25, -0.2) is 24.4 Å². The van der Waals surface area contributed by atoms with E-state index in [9.17, 15) is 49.2 Å². The number of hydrazine groups is 1. The van der Waals surface area contributed by atoms with Crippen molar-refractivity contribution >= 4 is 81.2 Å². The monoisotopic (exact) mass is 726 g/mol. The molecule has 3 aliphatic rings. The number of phenolic OH excluding ortho intramolecular Hbond substituents is 2. The molecule has 5 amide bonds. The maximum atomic E-state index is 13.6. The lowest BCUT2D eigenvalue weighted by Gasteiger charge is -2.41. The van der Waals surface area contributed by atoms with E-state index in [1.54, 1.807) is 0 Å². The maximum Gasteiger partial charge on any atom is 0.350 e. The van der Waals surface area contributed by atoms with Crippen molar-refractivity contribution < 1.29 is 54.0 Å². The Kier molecular flexibility index (Phi) is 8.73. The number of nitrogens with one attached hydrogen (secondary N) is 2. The van der Waals surface area contributed by atoms with Gasteiger partial charge in [0, 0.05) is 5.38 Å². The average molecular weight is 727 g/mol. The van der Waals surface area contributed by atoms with Gasteiger partial charge in [0.15, 0.2) is 22.3 Å². The van der Waals surface area contributed by atoms with Crippen LogP contribution in [0.4, 0.5) is 9.93 Å². The molecule has 3 fully saturated rings. The number of thioether (sulfide) groups is 1. The van der Waals surface area contributed by atoms with Crippen LogP contribution in [0.5, 0.6) is 11.5 Å². The number of nitrogens with two attached hydrogens (primary N) is 1. The number of β-lactam (4-membered cyclic amide) rings is 1. The molecule has 19 nitrogen and oxygen atoms in total. The normalized spacial score (nSPS) is 23.9. The molecule has 0 saturated carbocycles. The number of aromatic nitrogens is 1. The zero-order valence-electron chi connectivity index (χ0n) is 25.0. The second kappa shape index (κ2) is 12.2. The second-order valence-electron chi connectivity index (χ2n) is 11.3. The first-order chi connectivity index (χ1) is 22.4. The minimum absolute atomic E-state index is 0.0606. The molecule has 22 heteroatoms. The van der Waals surface area contributed by atoms with Crippen LogP contribution in [0.3, 0.4) is 0 Å². The van der Waals surface area contributed by atoms with Gasteiger partial charge >= 0.3 is 18.0 Å². The summed E-state index contributed by atoms with van der Waals surface area (Å²) in [5.74, 6) is -6.77. The number of rotatable bonds is 10. The van der Waals surface area contributed by atoms with E-state index in [0.717, 1.165) is 45.1 Å². The quantitative estimate of drug-likeness (QED) is 0.0736. The number of carbonyl (C=O) groups is 6. The van der Waals surface area contributed by atoms with Crippen molar-refractivity contribution in [1.29, 1.82) is 0 Å². The molecule has 256 valence electrons. The highest BCUT2D eigenvalue weighted by atomic mass is 35.5. The molecule has 48 heavy (non-hydrogen) atoms. The highest BCUT2D eigenvalue weighted by molar-refractivity contribution is 8.02. The van der Waals surface area contributed by atoms with Crippen LogP contribution in [-0.4, -0.2) is 123 Å². The maximum absolute atomic E-state index is 13.6. The van der Waals surface area contributed by atoms with Gasteiger partial charge in [0.1, 0.15) is 17.1 Å². The number of oxime groups is 1. The Morgan fingerprint density at radius 2 is 1.90 bits per heavy atom. The number of amides is 5. The average Bonchev–Trinajstić information content (AvgIpc) is 3.68. The summed E-state index contributed by atoms with van der Waals surface area (Å²) < 4.78 is 0. The molecule has 0 bridgehead atoms. The molecule has 4 atom stereocenters. The lowest BCUT2D eigenvalue weighted by atomic mass is 10.0. The van der Waals surface area contributed by atoms with E-state index < -0.39 is 92.4 Å². The van der Waals surface area contributed by atoms with E-state index in [4.69, 9.17) is 22.2 Å². The Morgan fingerprint density at radius 1 is 1.21 bits per heavy atom. The molecule has 8 N–H and O–H groups in total. The first kappa shape index (κ1) is 34.3. The topological polar surface area (TPSA) is 278 Å². The molecular formula is C26H27ClN8O11S2. The molecule has 4 heterocycles. The third-order valence-electron chi connectivity index (χ3n) is 7.61. The van der Waals surface area contributed by atoms with Crippen LogP contribution in [0.2, 0.25) is 5.02 Å². The van der Waals surface area contributed by atoms with Crippen molar-refractivity contribution in [3.8, 4) is 11.5 Å². The van der Waals surface area contributed by atoms with Crippen molar-refractivity contribution in [2.24, 2.45) is 5.16 Å². The van der Waals surface area contributed by atoms with Crippen LogP contribution in [0, 0.1) is 0 Å². The van der Waals surface area contributed by atoms with E-state index in [1.807, 2.05) is 0 Å². The van der Waals surface area contributed by atoms with E-state index in [0.29, 0.717) is 0 Å². The van der Waals surface area contributed by atoms with Crippen molar-refractivity contribution in [2.75, 3.05) is 18.8 Å². The number of carbonyl (C=O) groups excluding carboxylic acids is 4. The zero-order valence-corrected chi connectivity index (χ0v) is 27.4. The number of thiazole rings is 1. The number of urea groups is 1. The molecule has 0 spiro atoms. The van der Waals surface area contributed by atoms with E-state index in [2.05, 4.69) is 20.9 Å². The molecular weight excluding hydrogens is 700 g/mol. The van der Waals surface area contributed by atoms with Crippen LogP contribution in [0.25, 0.3) is 0 Å². The summed E-state index contributed by atoms with van der Waals surface area (Å²) in [5.41, 5.74) is 5.33. The van der Waals surface area contributed by atoms with Gasteiger partial charge in [-0.05, 0) is 32.9 Å². The van der Waals surface area contributed by atoms with Crippen LogP contribution < -0.4 is 16.5 Å². The number of benzene rings is 1. The predicted molar refractivity (Wildman–Crippen MR) is 167 cm³/mol. The minimum atomic E-state index is -2.04. The van der Waals surface area contributed by atoms with Gasteiger partial charge in [0.25, 0.3) is 11.8 Å². The number of nitrogen functional groups attached to an aromatic ring is 1. The molecule has 1 aromatic carbocycles. The van der Waals surface area contributed by atoms with E-state index >= 15 is 0 Å². The first-order valence-electron chi connectivity index (χ1n) is 13.8. The lowest BCUT2D eigenvalue weighted by molar-refractivity contribution is -0.161. The molecule has 2 aromatic rings. The Bertz CT molecular complexity index is 1790. The third kappa shape index (κ3) is 5.72. The fourth-order valence-corrected chi connectivity index (χ4v) is 7.55. The predicted octanol–water partition coefficient (Wildman–Crippen LogP) is 0.0257. The number of hydrogen-bond acceptors (Lipinski definition) is 14. The number of anilines is 1. The minimum Gasteiger partial charge on any atom is -0.504 e. The molecule has 0 radical (unpaired) electrons. The van der Waals surface area contributed by atoms with Gasteiger partial charge < -0.3 is 41.2 Å². The summed E-state index contributed by atoms with van der Waals surface area (Å²) in [5, 5.41) is 46.3. The largest absolute Gasteiger partial charge is 0.504 e. The summed E-state index contributed by atoms with van der Waals surface area (Å²) >= 11 is 7.65. The number of aromatic hydroxyl groups is 2. The van der Waals surface area contributed by atoms with Crippen molar-refractivity contribution in [1.82, 2.24) is 30.5 Å². The van der Waals surface area contributed by atoms with Gasteiger partial charge in [-0.3, -0.25) is 24.7 Å². The molecule has 0 unspecified atom stereocenters. The Morgan fingerprint density at radius 3 is 2.50 bits per heavy atom. The van der Waals surface area contributed by atoms with Crippen molar-refractivity contribution in [2.45, 2.75) is 48.7 Å². The molecule has 1 aromatic heterocycles. The fourth-order valence-electron chi connectivity index (χ4n) is 5.05. The smallest absolute Gasteiger partial charge is 0.350 e. The highest BCUT2D eigenvalue weighted by Crippen LogP contribution is 2.50. The molecule has 3 saturated heterocycles. The second-order valence-corrected chi connectivity index (χ2v) is 13.9. The van der Waals surface area contributed by atoms with Gasteiger partial charge in [0.05, 0.1) is 29.7 Å². The summed E-state index contributed by atoms with van der Waals surface area (Å²) in [6, 6.07) is -0.883. The SMILES string of the molecule is C[C@@H]1CN(NC(=O)c2ccc(O)c(O)c2Cl)C(=O)N1[C@]1(C(=O)O)CN2C(=O)[C@@H](NC(=O)/C(=N\OC(C)(C)C(=O)O)c3csc(N)n3)[C@H]2S1. The Labute approximate surface area is 283 Å². The Hall–Kier alpha value is -5.02. The number of fused-ring (bicyclic) bond motifs is 1. The Balaban J connectivity index is 1.34. The van der Waals surface area contributed by atoms with Crippen molar-refractivity contribution in [3.05, 3.63) is 33.8 Å². The van der Waals surface area contributed by atoms with Gasteiger partial charge in [-0.15, -0.1) is 11.3 Å². The van der Waals surface area contributed by atoms with Crippen LogP contribution >= 0.6 is 34.7 Å².